The topological polar surface area (TPSA) is 17.1 Å². The molecule has 0 spiro atoms. The normalized spacial score (nSPS) is 12.3. The Balaban J connectivity index is 1.88. The molecule has 1 atom stereocenters. The lowest BCUT2D eigenvalue weighted by atomic mass is 10.2. The molecule has 0 heterocycles. The van der Waals surface area contributed by atoms with Crippen LogP contribution in [0, 0.1) is 5.82 Å². The second kappa shape index (κ2) is 6.45. The molecule has 2 aromatic rings. The van der Waals surface area contributed by atoms with Gasteiger partial charge in [-0.15, -0.1) is 0 Å². The third kappa shape index (κ3) is 3.77. The van der Waals surface area contributed by atoms with E-state index in [1.807, 2.05) is 30.3 Å². The van der Waals surface area contributed by atoms with Crippen LogP contribution >= 0.6 is 0 Å². The molecule has 0 bridgehead atoms. The van der Waals surface area contributed by atoms with E-state index in [4.69, 9.17) is 0 Å². The molecular weight excluding hydrogens is 247 g/mol. The lowest BCUT2D eigenvalue weighted by molar-refractivity contribution is 0.615. The Kier molecular flexibility index (Phi) is 4.65. The molecule has 0 saturated heterocycles. The molecule has 18 heavy (non-hydrogen) atoms. The minimum absolute atomic E-state index is 0.273. The molecule has 3 heteroatoms. The van der Waals surface area contributed by atoms with Crippen LogP contribution in [-0.2, 0) is 23.0 Å². The van der Waals surface area contributed by atoms with Crippen LogP contribution in [0.1, 0.15) is 11.1 Å². The zero-order chi connectivity index (χ0) is 12.8. The van der Waals surface area contributed by atoms with E-state index in [0.717, 1.165) is 6.42 Å². The Morgan fingerprint density at radius 1 is 0.944 bits per heavy atom. The molecule has 0 aliphatic carbocycles. The van der Waals surface area contributed by atoms with Crippen LogP contribution in [0.15, 0.2) is 54.6 Å². The van der Waals surface area contributed by atoms with Crippen molar-refractivity contribution in [2.45, 2.75) is 12.2 Å². The van der Waals surface area contributed by atoms with Gasteiger partial charge in [0.05, 0.1) is 5.75 Å². The summed E-state index contributed by atoms with van der Waals surface area (Å²) in [5.74, 6) is 0.586. The number of hydrogen-bond donors (Lipinski definition) is 0. The van der Waals surface area contributed by atoms with Crippen molar-refractivity contribution < 1.29 is 8.60 Å². The molecule has 1 nitrogen and oxygen atoms in total. The first kappa shape index (κ1) is 13.0. The molecule has 94 valence electrons. The Morgan fingerprint density at radius 3 is 2.33 bits per heavy atom. The van der Waals surface area contributed by atoms with Crippen LogP contribution in [0.25, 0.3) is 0 Å². The van der Waals surface area contributed by atoms with Gasteiger partial charge >= 0.3 is 0 Å². The number of rotatable bonds is 5. The van der Waals surface area contributed by atoms with Crippen molar-refractivity contribution in [3.05, 3.63) is 71.5 Å². The van der Waals surface area contributed by atoms with E-state index in [9.17, 15) is 8.60 Å². The summed E-state index contributed by atoms with van der Waals surface area (Å²) in [5.41, 5.74) is 1.70. The molecule has 2 rings (SSSR count). The van der Waals surface area contributed by atoms with E-state index in [1.54, 1.807) is 18.2 Å². The largest absolute Gasteiger partial charge is 0.259 e. The minimum atomic E-state index is -1.02. The SMILES string of the molecule is O=S(CCc1ccccc1)Cc1ccccc1F. The van der Waals surface area contributed by atoms with Crippen LogP contribution in [0.4, 0.5) is 4.39 Å². The van der Waals surface area contributed by atoms with Crippen molar-refractivity contribution in [2.24, 2.45) is 0 Å². The van der Waals surface area contributed by atoms with Crippen LogP contribution in [0.5, 0.6) is 0 Å². The van der Waals surface area contributed by atoms with Gasteiger partial charge in [0.1, 0.15) is 5.82 Å². The van der Waals surface area contributed by atoms with Gasteiger partial charge in [-0.3, -0.25) is 4.21 Å². The maximum Gasteiger partial charge on any atom is 0.127 e. The Hall–Kier alpha value is -1.48. The fourth-order valence-corrected chi connectivity index (χ4v) is 2.93. The minimum Gasteiger partial charge on any atom is -0.259 e. The lowest BCUT2D eigenvalue weighted by Crippen LogP contribution is -2.05. The fourth-order valence-electron chi connectivity index (χ4n) is 1.74. The molecule has 0 aromatic heterocycles. The number of halogens is 1. The number of aryl methyl sites for hydroxylation is 1. The van der Waals surface area contributed by atoms with Crippen molar-refractivity contribution in [2.75, 3.05) is 5.75 Å². The molecule has 0 N–H and O–H groups in total. The molecule has 1 unspecified atom stereocenters. The van der Waals surface area contributed by atoms with Crippen molar-refractivity contribution in [3.8, 4) is 0 Å². The van der Waals surface area contributed by atoms with Gasteiger partial charge < -0.3 is 0 Å². The predicted molar refractivity (Wildman–Crippen MR) is 73.3 cm³/mol. The van der Waals surface area contributed by atoms with Gasteiger partial charge in [-0.1, -0.05) is 48.5 Å². The molecule has 0 radical (unpaired) electrons. The third-order valence-corrected chi connectivity index (χ3v) is 4.03. The smallest absolute Gasteiger partial charge is 0.127 e. The van der Waals surface area contributed by atoms with Crippen LogP contribution in [0.3, 0.4) is 0 Å². The van der Waals surface area contributed by atoms with Gasteiger partial charge in [0.2, 0.25) is 0 Å². The zero-order valence-corrected chi connectivity index (χ0v) is 10.8. The predicted octanol–water partition coefficient (Wildman–Crippen LogP) is 3.32. The second-order valence-electron chi connectivity index (χ2n) is 4.12. The molecule has 0 saturated carbocycles. The average molecular weight is 262 g/mol. The van der Waals surface area contributed by atoms with Crippen molar-refractivity contribution >= 4 is 10.8 Å². The summed E-state index contributed by atoms with van der Waals surface area (Å²) in [6.07, 6.45) is 0.766. The number of benzene rings is 2. The summed E-state index contributed by atoms with van der Waals surface area (Å²) < 4.78 is 25.3. The third-order valence-electron chi connectivity index (χ3n) is 2.74. The summed E-state index contributed by atoms with van der Waals surface area (Å²) in [4.78, 5) is 0. The Labute approximate surface area is 109 Å². The van der Waals surface area contributed by atoms with Crippen LogP contribution in [0.2, 0.25) is 0 Å². The molecule has 2 aromatic carbocycles. The van der Waals surface area contributed by atoms with Gasteiger partial charge in [-0.25, -0.2) is 4.39 Å². The van der Waals surface area contributed by atoms with Crippen molar-refractivity contribution in [1.82, 2.24) is 0 Å². The van der Waals surface area contributed by atoms with E-state index < -0.39 is 10.8 Å². The van der Waals surface area contributed by atoms with Crippen LogP contribution in [-0.4, -0.2) is 9.96 Å². The number of hydrogen-bond acceptors (Lipinski definition) is 1. The highest BCUT2D eigenvalue weighted by molar-refractivity contribution is 7.84. The Bertz CT molecular complexity index is 525. The Morgan fingerprint density at radius 2 is 1.61 bits per heavy atom. The average Bonchev–Trinajstić information content (AvgIpc) is 2.40. The highest BCUT2D eigenvalue weighted by atomic mass is 32.2. The molecule has 0 amide bonds. The first-order valence-electron chi connectivity index (χ1n) is 5.88. The summed E-state index contributed by atoms with van der Waals surface area (Å²) >= 11 is 0. The molecular formula is C15H15FOS. The molecule has 0 fully saturated rings. The second-order valence-corrected chi connectivity index (χ2v) is 5.69. The summed E-state index contributed by atoms with van der Waals surface area (Å²) in [6, 6.07) is 16.4. The van der Waals surface area contributed by atoms with E-state index in [1.165, 1.54) is 11.6 Å². The van der Waals surface area contributed by atoms with E-state index in [-0.39, 0.29) is 5.82 Å². The van der Waals surface area contributed by atoms with Gasteiger partial charge in [-0.2, -0.15) is 0 Å². The molecule has 0 aliphatic heterocycles. The monoisotopic (exact) mass is 262 g/mol. The highest BCUT2D eigenvalue weighted by Gasteiger charge is 2.06. The first-order chi connectivity index (χ1) is 8.75. The van der Waals surface area contributed by atoms with E-state index in [0.29, 0.717) is 17.1 Å². The van der Waals surface area contributed by atoms with E-state index >= 15 is 0 Å². The lowest BCUT2D eigenvalue weighted by Gasteiger charge is -2.04. The summed E-state index contributed by atoms with van der Waals surface area (Å²) in [6.45, 7) is 0. The quantitative estimate of drug-likeness (QED) is 0.808. The zero-order valence-electron chi connectivity index (χ0n) is 10.0. The van der Waals surface area contributed by atoms with Crippen molar-refractivity contribution in [1.29, 1.82) is 0 Å². The maximum atomic E-state index is 13.4. The van der Waals surface area contributed by atoms with Gasteiger partial charge in [0.15, 0.2) is 0 Å². The fraction of sp³-hybridized carbons (Fsp3) is 0.200. The maximum absolute atomic E-state index is 13.4. The highest BCUT2D eigenvalue weighted by Crippen LogP contribution is 2.10. The van der Waals surface area contributed by atoms with Crippen molar-refractivity contribution in [3.63, 3.8) is 0 Å². The summed E-state index contributed by atoms with van der Waals surface area (Å²) in [7, 11) is -1.02. The molecule has 0 aliphatic rings. The van der Waals surface area contributed by atoms with Crippen LogP contribution < -0.4 is 0 Å². The first-order valence-corrected chi connectivity index (χ1v) is 7.37. The summed E-state index contributed by atoms with van der Waals surface area (Å²) in [5, 5.41) is 0. The van der Waals surface area contributed by atoms with Gasteiger partial charge in [0, 0.05) is 22.1 Å². The van der Waals surface area contributed by atoms with E-state index in [2.05, 4.69) is 0 Å². The standard InChI is InChI=1S/C15H15FOS/c16-15-9-5-4-8-14(15)12-18(17)11-10-13-6-2-1-3-7-13/h1-9H,10-12H2. The van der Waals surface area contributed by atoms with Gasteiger partial charge in [0.25, 0.3) is 0 Å². The van der Waals surface area contributed by atoms with Gasteiger partial charge in [-0.05, 0) is 18.1 Å².